The summed E-state index contributed by atoms with van der Waals surface area (Å²) < 4.78 is 6.02. The zero-order chi connectivity index (χ0) is 23.3. The fraction of sp³-hybridized carbons (Fsp3) is 0.0870. The Bertz CT molecular complexity index is 1450. The summed E-state index contributed by atoms with van der Waals surface area (Å²) in [6.07, 6.45) is 0. The van der Waals surface area contributed by atoms with E-state index < -0.39 is 17.7 Å². The summed E-state index contributed by atoms with van der Waals surface area (Å²) in [7, 11) is 1.45. The van der Waals surface area contributed by atoms with Crippen LogP contribution in [0.1, 0.15) is 16.5 Å². The molecule has 2 aromatic heterocycles. The first kappa shape index (κ1) is 21.9. The van der Waals surface area contributed by atoms with Crippen LogP contribution in [0.3, 0.4) is 0 Å². The molecule has 33 heavy (non-hydrogen) atoms. The van der Waals surface area contributed by atoms with Crippen molar-refractivity contribution in [2.45, 2.75) is 6.04 Å². The van der Waals surface area contributed by atoms with E-state index in [0.29, 0.717) is 36.9 Å². The predicted octanol–water partition coefficient (Wildman–Crippen LogP) is 6.30. The maximum Gasteiger partial charge on any atom is 0.301 e. The van der Waals surface area contributed by atoms with Crippen LogP contribution in [0.15, 0.2) is 59.5 Å². The van der Waals surface area contributed by atoms with Gasteiger partial charge < -0.3 is 9.84 Å². The maximum absolute atomic E-state index is 13.2. The second kappa shape index (κ2) is 8.46. The fourth-order valence-corrected chi connectivity index (χ4v) is 5.98. The van der Waals surface area contributed by atoms with Gasteiger partial charge in [-0.3, -0.25) is 14.5 Å². The minimum Gasteiger partial charge on any atom is -0.507 e. The molecule has 2 aromatic carbocycles. The number of ketones is 1. The third-order valence-electron chi connectivity index (χ3n) is 5.23. The summed E-state index contributed by atoms with van der Waals surface area (Å²) in [5.41, 5.74) is 0.949. The average Bonchev–Trinajstić information content (AvgIpc) is 3.52. The molecule has 1 aliphatic heterocycles. The van der Waals surface area contributed by atoms with Gasteiger partial charge in [0.05, 0.1) is 27.9 Å². The summed E-state index contributed by atoms with van der Waals surface area (Å²) >= 11 is 14.8. The van der Waals surface area contributed by atoms with Crippen LogP contribution < -0.4 is 9.64 Å². The molecule has 5 rings (SSSR count). The van der Waals surface area contributed by atoms with Crippen molar-refractivity contribution >= 4 is 78.7 Å². The largest absolute Gasteiger partial charge is 0.507 e. The molecule has 0 radical (unpaired) electrons. The zero-order valence-corrected chi connectivity index (χ0v) is 20.1. The van der Waals surface area contributed by atoms with Gasteiger partial charge in [-0.1, -0.05) is 40.6 Å². The van der Waals surface area contributed by atoms with Crippen molar-refractivity contribution in [2.75, 3.05) is 12.0 Å². The van der Waals surface area contributed by atoms with Crippen LogP contribution in [0, 0.1) is 0 Å². The summed E-state index contributed by atoms with van der Waals surface area (Å²) in [6, 6.07) is 12.7. The number of carbonyl (C=O) groups is 2. The van der Waals surface area contributed by atoms with E-state index in [0.717, 1.165) is 4.70 Å². The van der Waals surface area contributed by atoms with E-state index >= 15 is 0 Å². The molecule has 4 aromatic rings. The molecule has 1 amide bonds. The van der Waals surface area contributed by atoms with Gasteiger partial charge in [-0.25, -0.2) is 4.98 Å². The van der Waals surface area contributed by atoms with Crippen molar-refractivity contribution in [2.24, 2.45) is 0 Å². The van der Waals surface area contributed by atoms with Crippen molar-refractivity contribution in [1.29, 1.82) is 0 Å². The summed E-state index contributed by atoms with van der Waals surface area (Å²) in [5, 5.41) is 14.3. The highest BCUT2D eigenvalue weighted by molar-refractivity contribution is 7.22. The van der Waals surface area contributed by atoms with Gasteiger partial charge in [0.1, 0.15) is 17.6 Å². The topological polar surface area (TPSA) is 79.7 Å². The highest BCUT2D eigenvalue weighted by Gasteiger charge is 2.48. The molecule has 6 nitrogen and oxygen atoms in total. The number of halogens is 2. The van der Waals surface area contributed by atoms with E-state index in [2.05, 4.69) is 4.98 Å². The second-order valence-electron chi connectivity index (χ2n) is 7.14. The normalized spacial score (nSPS) is 17.8. The summed E-state index contributed by atoms with van der Waals surface area (Å²) in [5.74, 6) is -1.53. The molecule has 1 aliphatic rings. The highest BCUT2D eigenvalue weighted by Crippen LogP contribution is 2.46. The number of hydrogen-bond acceptors (Lipinski definition) is 7. The van der Waals surface area contributed by atoms with Crippen molar-refractivity contribution in [3.8, 4) is 5.75 Å². The van der Waals surface area contributed by atoms with Gasteiger partial charge in [-0.2, -0.15) is 0 Å². The van der Waals surface area contributed by atoms with Crippen LogP contribution in [0.5, 0.6) is 5.75 Å². The molecule has 0 aliphatic carbocycles. The third kappa shape index (κ3) is 3.69. The molecule has 10 heteroatoms. The number of hydrogen-bond donors (Lipinski definition) is 1. The lowest BCUT2D eigenvalue weighted by Crippen LogP contribution is -2.28. The lowest BCUT2D eigenvalue weighted by molar-refractivity contribution is -0.132. The number of amides is 1. The van der Waals surface area contributed by atoms with E-state index in [1.54, 1.807) is 30.3 Å². The molecule has 1 N–H and O–H groups in total. The van der Waals surface area contributed by atoms with Crippen LogP contribution in [0.25, 0.3) is 16.0 Å². The molecule has 1 fully saturated rings. The SMILES string of the molecule is COc1cc(/C(O)=C2\C(=O)C(=O)N(c3nc4ccc(Cl)cc4s3)C2c2cccs2)ccc1Cl. The van der Waals surface area contributed by atoms with E-state index in [1.807, 2.05) is 17.5 Å². The lowest BCUT2D eigenvalue weighted by Gasteiger charge is -2.21. The third-order valence-corrected chi connectivity index (χ3v) is 7.72. The van der Waals surface area contributed by atoms with Gasteiger partial charge in [0, 0.05) is 15.5 Å². The van der Waals surface area contributed by atoms with Crippen LogP contribution in [0.2, 0.25) is 10.0 Å². The fourth-order valence-electron chi connectivity index (χ4n) is 3.70. The molecule has 3 heterocycles. The number of thiophene rings is 1. The number of ether oxygens (including phenoxy) is 1. The van der Waals surface area contributed by atoms with Gasteiger partial charge in [0.25, 0.3) is 5.78 Å². The Morgan fingerprint density at radius 2 is 1.97 bits per heavy atom. The molecular formula is C23H14Cl2N2O4S2. The lowest BCUT2D eigenvalue weighted by atomic mass is 10.00. The quantitative estimate of drug-likeness (QED) is 0.195. The van der Waals surface area contributed by atoms with Crippen LogP contribution in [0.4, 0.5) is 5.13 Å². The standard InChI is InChI=1S/C23H14Cl2N2O4S2/c1-31-15-9-11(4-6-13(15)25)20(28)18-19(16-3-2-8-32-16)27(22(30)21(18)29)23-26-14-7-5-12(24)10-17(14)33-23/h2-10,19,28H,1H3/b20-18+. The number of benzene rings is 2. The number of nitrogens with zero attached hydrogens (tertiary/aromatic N) is 2. The van der Waals surface area contributed by atoms with Gasteiger partial charge in [0.2, 0.25) is 0 Å². The first-order valence-electron chi connectivity index (χ1n) is 9.63. The highest BCUT2D eigenvalue weighted by atomic mass is 35.5. The van der Waals surface area contributed by atoms with Crippen molar-refractivity contribution in [1.82, 2.24) is 4.98 Å². The number of rotatable bonds is 4. The Morgan fingerprint density at radius 1 is 1.15 bits per heavy atom. The van der Waals surface area contributed by atoms with E-state index in [-0.39, 0.29) is 11.3 Å². The molecule has 1 atom stereocenters. The molecule has 0 bridgehead atoms. The van der Waals surface area contributed by atoms with E-state index in [9.17, 15) is 14.7 Å². The molecular weight excluding hydrogens is 503 g/mol. The zero-order valence-electron chi connectivity index (χ0n) is 16.9. The number of fused-ring (bicyclic) bond motifs is 1. The number of thiazole rings is 1. The average molecular weight is 517 g/mol. The molecule has 0 saturated carbocycles. The molecule has 166 valence electrons. The van der Waals surface area contributed by atoms with Crippen molar-refractivity contribution in [3.05, 3.63) is 80.0 Å². The van der Waals surface area contributed by atoms with Gasteiger partial charge in [-0.15, -0.1) is 11.3 Å². The number of aliphatic hydroxyl groups is 1. The molecule has 1 unspecified atom stereocenters. The number of carbonyl (C=O) groups excluding carboxylic acids is 2. The van der Waals surface area contributed by atoms with Crippen molar-refractivity contribution in [3.63, 3.8) is 0 Å². The number of Topliss-reactive ketones (excluding diaryl/α,β-unsaturated/α-hetero) is 1. The van der Waals surface area contributed by atoms with Crippen LogP contribution >= 0.6 is 45.9 Å². The molecule has 1 saturated heterocycles. The number of anilines is 1. The second-order valence-corrected chi connectivity index (χ2v) is 9.97. The van der Waals surface area contributed by atoms with Gasteiger partial charge in [0.15, 0.2) is 5.13 Å². The first-order chi connectivity index (χ1) is 15.9. The number of methoxy groups -OCH3 is 1. The monoisotopic (exact) mass is 516 g/mol. The Morgan fingerprint density at radius 3 is 2.70 bits per heavy atom. The van der Waals surface area contributed by atoms with Gasteiger partial charge >= 0.3 is 5.91 Å². The van der Waals surface area contributed by atoms with Gasteiger partial charge in [-0.05, 0) is 47.8 Å². The van der Waals surface area contributed by atoms with E-state index in [1.165, 1.54) is 40.7 Å². The van der Waals surface area contributed by atoms with Crippen LogP contribution in [-0.4, -0.2) is 28.9 Å². The number of aromatic nitrogens is 1. The maximum atomic E-state index is 13.2. The Balaban J connectivity index is 1.71. The minimum absolute atomic E-state index is 0.0240. The summed E-state index contributed by atoms with van der Waals surface area (Å²) in [4.78, 5) is 33.0. The summed E-state index contributed by atoms with van der Waals surface area (Å²) in [6.45, 7) is 0. The number of aliphatic hydroxyl groups excluding tert-OH is 1. The van der Waals surface area contributed by atoms with E-state index in [4.69, 9.17) is 27.9 Å². The Hall–Kier alpha value is -2.91. The predicted molar refractivity (Wildman–Crippen MR) is 132 cm³/mol. The first-order valence-corrected chi connectivity index (χ1v) is 12.1. The Labute approximate surface area is 206 Å². The molecule has 0 spiro atoms. The minimum atomic E-state index is -0.831. The smallest absolute Gasteiger partial charge is 0.301 e. The Kier molecular flexibility index (Phi) is 5.62. The van der Waals surface area contributed by atoms with Crippen molar-refractivity contribution < 1.29 is 19.4 Å². The van der Waals surface area contributed by atoms with Crippen LogP contribution in [-0.2, 0) is 9.59 Å².